The first-order chi connectivity index (χ1) is 14.8. The first-order valence-electron chi connectivity index (χ1n) is 9.74. The highest BCUT2D eigenvalue weighted by atomic mass is 16.1. The molecule has 0 unspecified atom stereocenters. The third-order valence-corrected chi connectivity index (χ3v) is 4.68. The van der Waals surface area contributed by atoms with Gasteiger partial charge in [0.05, 0.1) is 23.6 Å². The molecule has 4 rings (SSSR count). The number of benzene rings is 1. The summed E-state index contributed by atoms with van der Waals surface area (Å²) >= 11 is 0. The van der Waals surface area contributed by atoms with Crippen LogP contribution < -0.4 is 10.2 Å². The molecule has 30 heavy (non-hydrogen) atoms. The van der Waals surface area contributed by atoms with Crippen LogP contribution in [0.2, 0.25) is 0 Å². The Morgan fingerprint density at radius 3 is 2.57 bits per heavy atom. The van der Waals surface area contributed by atoms with Gasteiger partial charge in [-0.25, -0.2) is 4.98 Å². The predicted octanol–water partition coefficient (Wildman–Crippen LogP) is 3.68. The molecule has 0 bridgehead atoms. The lowest BCUT2D eigenvalue weighted by atomic mass is 10.1. The van der Waals surface area contributed by atoms with Crippen LogP contribution in [-0.2, 0) is 17.8 Å². The quantitative estimate of drug-likeness (QED) is 0.420. The number of anilines is 2. The largest absolute Gasteiger partial charge is 0.368 e. The van der Waals surface area contributed by atoms with Gasteiger partial charge in [-0.15, -0.1) is 0 Å². The lowest BCUT2D eigenvalue weighted by Crippen LogP contribution is -2.23. The molecule has 0 saturated heterocycles. The number of aromatic amines is 1. The molecule has 0 radical (unpaired) electrons. The van der Waals surface area contributed by atoms with Gasteiger partial charge in [0.15, 0.2) is 5.82 Å². The van der Waals surface area contributed by atoms with E-state index in [4.69, 9.17) is 4.98 Å². The van der Waals surface area contributed by atoms with E-state index < -0.39 is 0 Å². The number of hydrogen-bond donors (Lipinski definition) is 2. The number of nitrogens with zero attached hydrogens (tertiary/aromatic N) is 4. The maximum atomic E-state index is 11.9. The van der Waals surface area contributed by atoms with Crippen LogP contribution in [0.5, 0.6) is 0 Å². The topological polar surface area (TPSA) is 86.8 Å². The fourth-order valence-electron chi connectivity index (χ4n) is 3.17. The molecule has 3 heterocycles. The van der Waals surface area contributed by atoms with Crippen LogP contribution >= 0.6 is 0 Å². The van der Waals surface area contributed by atoms with Gasteiger partial charge in [-0.3, -0.25) is 14.9 Å². The molecule has 0 saturated carbocycles. The number of nitrogens with one attached hydrogen (secondary N) is 2. The van der Waals surface area contributed by atoms with Crippen LogP contribution in [0.1, 0.15) is 11.4 Å². The van der Waals surface area contributed by atoms with Gasteiger partial charge in [-0.1, -0.05) is 36.4 Å². The first-order valence-corrected chi connectivity index (χ1v) is 9.74. The van der Waals surface area contributed by atoms with Crippen LogP contribution in [0.15, 0.2) is 79.1 Å². The molecule has 0 spiro atoms. The molecule has 1 amide bonds. The minimum atomic E-state index is 0.380. The summed E-state index contributed by atoms with van der Waals surface area (Å²) < 4.78 is 0. The second kappa shape index (κ2) is 9.47. The van der Waals surface area contributed by atoms with E-state index in [1.807, 2.05) is 66.7 Å². The zero-order valence-electron chi connectivity index (χ0n) is 16.4. The molecule has 0 aliphatic carbocycles. The number of pyridine rings is 2. The van der Waals surface area contributed by atoms with Crippen molar-refractivity contribution in [1.82, 2.24) is 20.2 Å². The summed E-state index contributed by atoms with van der Waals surface area (Å²) in [6, 6.07) is 21.5. The third kappa shape index (κ3) is 4.70. The number of carbonyl (C=O) groups excluding carboxylic acids is 1. The minimum Gasteiger partial charge on any atom is -0.368 e. The maximum Gasteiger partial charge on any atom is 0.214 e. The zero-order chi connectivity index (χ0) is 20.6. The van der Waals surface area contributed by atoms with Crippen molar-refractivity contribution in [1.29, 1.82) is 0 Å². The number of hydrogen-bond acceptors (Lipinski definition) is 5. The van der Waals surface area contributed by atoms with Crippen LogP contribution in [-0.4, -0.2) is 33.1 Å². The van der Waals surface area contributed by atoms with Crippen LogP contribution in [0.25, 0.3) is 11.3 Å². The fraction of sp³-hybridized carbons (Fsp3) is 0.130. The van der Waals surface area contributed by atoms with E-state index in [9.17, 15) is 4.79 Å². The van der Waals surface area contributed by atoms with E-state index in [2.05, 4.69) is 20.5 Å². The van der Waals surface area contributed by atoms with E-state index in [1.54, 1.807) is 17.3 Å². The monoisotopic (exact) mass is 398 g/mol. The maximum absolute atomic E-state index is 11.9. The average molecular weight is 398 g/mol. The Labute approximate surface area is 174 Å². The van der Waals surface area contributed by atoms with Crippen molar-refractivity contribution in [3.8, 4) is 11.3 Å². The van der Waals surface area contributed by atoms with E-state index in [0.717, 1.165) is 35.5 Å². The Morgan fingerprint density at radius 2 is 1.83 bits per heavy atom. The Bertz CT molecular complexity index is 1070. The molecule has 2 N–H and O–H groups in total. The molecule has 7 nitrogen and oxygen atoms in total. The summed E-state index contributed by atoms with van der Waals surface area (Å²) in [7, 11) is 0. The summed E-state index contributed by atoms with van der Waals surface area (Å²) in [6.45, 7) is 1.02. The molecule has 7 heteroatoms. The van der Waals surface area contributed by atoms with Crippen molar-refractivity contribution >= 4 is 17.9 Å². The highest BCUT2D eigenvalue weighted by molar-refractivity contribution is 5.83. The fourth-order valence-corrected chi connectivity index (χ4v) is 3.17. The van der Waals surface area contributed by atoms with Crippen molar-refractivity contribution in [2.75, 3.05) is 16.8 Å². The summed E-state index contributed by atoms with van der Waals surface area (Å²) in [6.07, 6.45) is 5.01. The average Bonchev–Trinajstić information content (AvgIpc) is 3.32. The van der Waals surface area contributed by atoms with Gasteiger partial charge in [0.2, 0.25) is 6.41 Å². The van der Waals surface area contributed by atoms with E-state index in [0.29, 0.717) is 24.6 Å². The number of amides is 1. The Morgan fingerprint density at radius 1 is 0.967 bits per heavy atom. The zero-order valence-corrected chi connectivity index (χ0v) is 16.4. The van der Waals surface area contributed by atoms with Crippen molar-refractivity contribution in [2.45, 2.75) is 13.0 Å². The minimum absolute atomic E-state index is 0.380. The summed E-state index contributed by atoms with van der Waals surface area (Å²) in [5, 5.41) is 10.2. The Balaban J connectivity index is 1.60. The molecule has 1 aromatic carbocycles. The van der Waals surface area contributed by atoms with Crippen molar-refractivity contribution in [3.05, 3.63) is 90.5 Å². The van der Waals surface area contributed by atoms with E-state index in [1.165, 1.54) is 0 Å². The SMILES string of the molecule is O=CN(Cc1ccn[nH]1)c1ccc(-c2ccccc2)nc1NCCc1ccccn1. The third-order valence-electron chi connectivity index (χ3n) is 4.68. The normalized spacial score (nSPS) is 10.5. The number of rotatable bonds is 9. The van der Waals surface area contributed by atoms with Gasteiger partial charge in [-0.05, 0) is 30.3 Å². The van der Waals surface area contributed by atoms with Gasteiger partial charge >= 0.3 is 0 Å². The van der Waals surface area contributed by atoms with Crippen LogP contribution in [0.4, 0.5) is 11.5 Å². The lowest BCUT2D eigenvalue weighted by Gasteiger charge is -2.21. The summed E-state index contributed by atoms with van der Waals surface area (Å²) in [5.74, 6) is 0.652. The predicted molar refractivity (Wildman–Crippen MR) is 117 cm³/mol. The molecule has 150 valence electrons. The van der Waals surface area contributed by atoms with Crippen LogP contribution in [0, 0.1) is 0 Å². The first kappa shape index (κ1) is 19.3. The van der Waals surface area contributed by atoms with Crippen molar-refractivity contribution in [2.24, 2.45) is 0 Å². The molecule has 4 aromatic rings. The summed E-state index contributed by atoms with van der Waals surface area (Å²) in [4.78, 5) is 22.6. The lowest BCUT2D eigenvalue weighted by molar-refractivity contribution is -0.107. The molecule has 0 aliphatic rings. The van der Waals surface area contributed by atoms with Gasteiger partial charge < -0.3 is 10.2 Å². The van der Waals surface area contributed by atoms with Gasteiger partial charge in [0.1, 0.15) is 0 Å². The molecule has 3 aromatic heterocycles. The molecular weight excluding hydrogens is 376 g/mol. The Kier molecular flexibility index (Phi) is 6.10. The van der Waals surface area contributed by atoms with E-state index in [-0.39, 0.29) is 0 Å². The van der Waals surface area contributed by atoms with Gasteiger partial charge in [0.25, 0.3) is 0 Å². The van der Waals surface area contributed by atoms with E-state index >= 15 is 0 Å². The highest BCUT2D eigenvalue weighted by Crippen LogP contribution is 2.28. The molecule has 0 fully saturated rings. The van der Waals surface area contributed by atoms with Gasteiger partial charge in [0, 0.05) is 36.6 Å². The van der Waals surface area contributed by atoms with Crippen molar-refractivity contribution in [3.63, 3.8) is 0 Å². The van der Waals surface area contributed by atoms with Crippen molar-refractivity contribution < 1.29 is 4.79 Å². The summed E-state index contributed by atoms with van der Waals surface area (Å²) in [5.41, 5.74) is 4.40. The highest BCUT2D eigenvalue weighted by Gasteiger charge is 2.15. The molecule has 0 aliphatic heterocycles. The molecular formula is C23H22N6O. The Hall–Kier alpha value is -4.00. The van der Waals surface area contributed by atoms with Gasteiger partial charge in [-0.2, -0.15) is 5.10 Å². The standard InChI is InChI=1S/C23H22N6O/c30-17-29(16-20-12-15-26-28-20)22-10-9-21(18-6-2-1-3-7-18)27-23(22)25-14-11-19-8-4-5-13-24-19/h1-10,12-13,15,17H,11,14,16H2,(H,25,27)(H,26,28). The van der Waals surface area contributed by atoms with Crippen LogP contribution in [0.3, 0.4) is 0 Å². The number of H-pyrrole nitrogens is 1. The molecule has 0 atom stereocenters. The second-order valence-electron chi connectivity index (χ2n) is 6.74. The number of aromatic nitrogens is 4. The second-order valence-corrected chi connectivity index (χ2v) is 6.74. The smallest absolute Gasteiger partial charge is 0.214 e. The number of carbonyl (C=O) groups is 1.